The van der Waals surface area contributed by atoms with Crippen molar-refractivity contribution in [3.05, 3.63) is 178 Å². The molecule has 0 aliphatic rings. The van der Waals surface area contributed by atoms with Gasteiger partial charge < -0.3 is 46.7 Å². The summed E-state index contributed by atoms with van der Waals surface area (Å²) in [6, 6.07) is 51.2. The van der Waals surface area contributed by atoms with E-state index in [0.717, 1.165) is 45.9 Å². The topological polar surface area (TPSA) is 134 Å². The fraction of sp³-hybridized carbons (Fsp3) is 0.375. The molecule has 15 aromatic carbocycles. The molecule has 2 aromatic heterocycles. The zero-order valence-corrected chi connectivity index (χ0v) is 62.8. The highest BCUT2D eigenvalue weighted by atomic mass is 16.6. The first-order valence-electron chi connectivity index (χ1n) is 40.5. The quantitative estimate of drug-likeness (QED) is 0.0156. The van der Waals surface area contributed by atoms with E-state index in [4.69, 9.17) is 46.7 Å². The molecule has 0 fully saturated rings. The number of fused-ring (bicyclic) bond motifs is 8. The van der Waals surface area contributed by atoms with Crippen LogP contribution in [0.4, 0.5) is 0 Å². The molecule has 12 nitrogen and oxygen atoms in total. The standard InChI is InChI=1S/C96H98O12/c1-3-5-7-9-11-13-15-17-19-21-25-61-51-73-69-27-23-29-71-77-55-67(105-49-45-101-41-39-99-43-47-103-65-35-31-63-33-37-83(97)107-81(63)59-65)57-79-80-58-68(106-50-46-102-42-40-100-44-48-104-66-36-32-64-34-38-84(98)108-82(64)60-66)56-78-72-30-24-28-70-74-52-62(26-22-20-18-16-14-12-10-8-6-4-2)54-76-75(53-61)87(73)93-91(85(69)71)95(89(77)79)96(90(78)80)92(86(70)72)94(93)88(74)76/h23-24,27-38,51-60H,3-22,25-26,39-50H2,1-2H3. The minimum absolute atomic E-state index is 0.338. The van der Waals surface area contributed by atoms with Gasteiger partial charge in [-0.05, 0) is 227 Å². The van der Waals surface area contributed by atoms with Gasteiger partial charge in [-0.2, -0.15) is 0 Å². The summed E-state index contributed by atoms with van der Waals surface area (Å²) < 4.78 is 60.6. The lowest BCUT2D eigenvalue weighted by molar-refractivity contribution is 0.0274. The summed E-state index contributed by atoms with van der Waals surface area (Å²) in [5, 5.41) is 33.2. The van der Waals surface area contributed by atoms with Crippen LogP contribution in [-0.2, 0) is 31.8 Å². The molecule has 108 heavy (non-hydrogen) atoms. The van der Waals surface area contributed by atoms with Crippen LogP contribution in [0.5, 0.6) is 23.0 Å². The molecule has 0 saturated heterocycles. The summed E-state index contributed by atoms with van der Waals surface area (Å²) in [6.45, 7) is 9.05. The van der Waals surface area contributed by atoms with E-state index in [-0.39, 0.29) is 0 Å². The summed E-state index contributed by atoms with van der Waals surface area (Å²) in [4.78, 5) is 23.7. The van der Waals surface area contributed by atoms with Crippen molar-refractivity contribution in [1.29, 1.82) is 0 Å². The molecule has 0 aliphatic heterocycles. The van der Waals surface area contributed by atoms with Gasteiger partial charge in [0.05, 0.1) is 52.9 Å². The van der Waals surface area contributed by atoms with Crippen LogP contribution in [0, 0.1) is 0 Å². The molecular formula is C96H98O12. The van der Waals surface area contributed by atoms with Crippen LogP contribution in [0.15, 0.2) is 164 Å². The normalized spacial score (nSPS) is 12.5. The number of unbranched alkanes of at least 4 members (excludes halogenated alkanes) is 18. The van der Waals surface area contributed by atoms with Crippen molar-refractivity contribution < 1.29 is 46.7 Å². The Hall–Kier alpha value is -9.56. The number of aryl methyl sites for hydroxylation is 2. The fourth-order valence-electron chi connectivity index (χ4n) is 18.1. The van der Waals surface area contributed by atoms with Crippen molar-refractivity contribution in [2.45, 2.75) is 155 Å². The molecule has 12 heteroatoms. The maximum absolute atomic E-state index is 11.8. The Morgan fingerprint density at radius 2 is 0.500 bits per heavy atom. The van der Waals surface area contributed by atoms with Crippen LogP contribution in [0.3, 0.4) is 0 Å². The summed E-state index contributed by atoms with van der Waals surface area (Å²) >= 11 is 0. The fourth-order valence-corrected chi connectivity index (χ4v) is 18.1. The molecule has 2 heterocycles. The summed E-state index contributed by atoms with van der Waals surface area (Å²) in [5.74, 6) is 2.79. The first-order valence-corrected chi connectivity index (χ1v) is 40.5. The Balaban J connectivity index is 0.716. The predicted octanol–water partition coefficient (Wildman–Crippen LogP) is 24.3. The average molecular weight is 1440 g/mol. The number of ether oxygens (including phenoxy) is 8. The number of hydrogen-bond donors (Lipinski definition) is 0. The maximum Gasteiger partial charge on any atom is 0.336 e. The molecule has 554 valence electrons. The molecule has 0 saturated carbocycles. The van der Waals surface area contributed by atoms with Gasteiger partial charge in [-0.25, -0.2) is 9.59 Å². The maximum atomic E-state index is 11.8. The lowest BCUT2D eigenvalue weighted by Gasteiger charge is -2.30. The van der Waals surface area contributed by atoms with E-state index in [1.54, 1.807) is 24.3 Å². The molecule has 17 rings (SSSR count). The van der Waals surface area contributed by atoms with Crippen LogP contribution in [-0.4, -0.2) is 79.3 Å². The molecule has 0 bridgehead atoms. The second-order valence-corrected chi connectivity index (χ2v) is 30.2. The Labute approximate surface area is 629 Å². The summed E-state index contributed by atoms with van der Waals surface area (Å²) in [6.07, 6.45) is 28.5. The lowest BCUT2D eigenvalue weighted by atomic mass is 9.73. The summed E-state index contributed by atoms with van der Waals surface area (Å²) in [5.41, 5.74) is 3.07. The Morgan fingerprint density at radius 1 is 0.241 bits per heavy atom. The van der Waals surface area contributed by atoms with Crippen LogP contribution in [0.25, 0.3) is 151 Å². The third-order valence-corrected chi connectivity index (χ3v) is 23.0. The van der Waals surface area contributed by atoms with E-state index < -0.39 is 11.3 Å². The van der Waals surface area contributed by atoms with Gasteiger partial charge in [0.2, 0.25) is 0 Å². The minimum atomic E-state index is -0.395. The van der Waals surface area contributed by atoms with Crippen molar-refractivity contribution in [3.63, 3.8) is 0 Å². The average Bonchev–Trinajstić information content (AvgIpc) is 0.643. The van der Waals surface area contributed by atoms with Crippen molar-refractivity contribution in [1.82, 2.24) is 0 Å². The third kappa shape index (κ3) is 14.2. The van der Waals surface area contributed by atoms with Crippen LogP contribution in [0.1, 0.15) is 153 Å². The van der Waals surface area contributed by atoms with E-state index in [1.165, 1.54) is 270 Å². The highest BCUT2D eigenvalue weighted by Crippen LogP contribution is 2.61. The number of rotatable bonds is 44. The molecular weight excluding hydrogens is 1350 g/mol. The molecule has 0 atom stereocenters. The zero-order chi connectivity index (χ0) is 72.9. The molecule has 0 N–H and O–H groups in total. The van der Waals surface area contributed by atoms with Crippen molar-refractivity contribution in [2.24, 2.45) is 0 Å². The van der Waals surface area contributed by atoms with E-state index in [2.05, 4.69) is 98.8 Å². The zero-order valence-electron chi connectivity index (χ0n) is 62.8. The monoisotopic (exact) mass is 1440 g/mol. The number of benzene rings is 15. The Bertz CT molecular complexity index is 5660. The highest BCUT2D eigenvalue weighted by Gasteiger charge is 2.33. The largest absolute Gasteiger partial charge is 0.491 e. The SMILES string of the molecule is CCCCCCCCCCCCc1cc2c3cccc4c5cc(OCCOCCOCCOc6ccc7ccc(=O)oc7c6)cc6c7cc(OCCOCCOCCOc8ccc9ccc(=O)oc9c8)cc8c9cccc%10c%11cc(CCCCCCCCCCCC)cc%12c(c1)c2c1c(c34)c(c56)c(c87)c(c%109)c1c%11%12. The van der Waals surface area contributed by atoms with Crippen molar-refractivity contribution in [2.75, 3.05) is 79.3 Å². The van der Waals surface area contributed by atoms with Gasteiger partial charge in [-0.3, -0.25) is 0 Å². The van der Waals surface area contributed by atoms with E-state index in [0.29, 0.717) is 102 Å². The van der Waals surface area contributed by atoms with Gasteiger partial charge in [-0.15, -0.1) is 0 Å². The predicted molar refractivity (Wildman–Crippen MR) is 445 cm³/mol. The van der Waals surface area contributed by atoms with Gasteiger partial charge in [0.25, 0.3) is 0 Å². The summed E-state index contributed by atoms with van der Waals surface area (Å²) in [7, 11) is 0. The van der Waals surface area contributed by atoms with Crippen molar-refractivity contribution in [3.8, 4) is 23.0 Å². The second kappa shape index (κ2) is 32.7. The molecule has 0 aliphatic carbocycles. The first kappa shape index (κ1) is 71.4. The van der Waals surface area contributed by atoms with E-state index in [9.17, 15) is 9.59 Å². The van der Waals surface area contributed by atoms with E-state index in [1.807, 2.05) is 24.3 Å². The Morgan fingerprint density at radius 3 is 0.833 bits per heavy atom. The van der Waals surface area contributed by atoms with Gasteiger partial charge >= 0.3 is 11.3 Å². The minimum Gasteiger partial charge on any atom is -0.491 e. The van der Waals surface area contributed by atoms with Crippen LogP contribution >= 0.6 is 0 Å². The second-order valence-electron chi connectivity index (χ2n) is 30.2. The van der Waals surface area contributed by atoms with Crippen LogP contribution in [0.2, 0.25) is 0 Å². The number of hydrogen-bond acceptors (Lipinski definition) is 12. The molecule has 0 amide bonds. The van der Waals surface area contributed by atoms with E-state index >= 15 is 0 Å². The lowest BCUT2D eigenvalue weighted by Crippen LogP contribution is -2.13. The van der Waals surface area contributed by atoms with Gasteiger partial charge in [0, 0.05) is 35.0 Å². The van der Waals surface area contributed by atoms with Gasteiger partial charge in [0.1, 0.15) is 60.6 Å². The molecule has 0 spiro atoms. The first-order chi connectivity index (χ1) is 53.4. The van der Waals surface area contributed by atoms with Crippen LogP contribution < -0.4 is 30.2 Å². The van der Waals surface area contributed by atoms with Gasteiger partial charge in [-0.1, -0.05) is 190 Å². The van der Waals surface area contributed by atoms with Crippen molar-refractivity contribution >= 4 is 151 Å². The molecule has 17 aromatic rings. The van der Waals surface area contributed by atoms with Gasteiger partial charge in [0.15, 0.2) is 0 Å². The smallest absolute Gasteiger partial charge is 0.336 e. The molecule has 0 radical (unpaired) electrons. The third-order valence-electron chi connectivity index (χ3n) is 23.0. The molecule has 0 unspecified atom stereocenters. The highest BCUT2D eigenvalue weighted by molar-refractivity contribution is 6.61. The Kier molecular flexibility index (Phi) is 21.6.